The van der Waals surface area contributed by atoms with Gasteiger partial charge in [-0.05, 0) is 69.1 Å². The van der Waals surface area contributed by atoms with Crippen molar-refractivity contribution >= 4 is 0 Å². The smallest absolute Gasteiger partial charge is 0.158 e. The highest BCUT2D eigenvalue weighted by atomic mass is 16.7. The van der Waals surface area contributed by atoms with Crippen LogP contribution in [0, 0.1) is 23.7 Å². The van der Waals surface area contributed by atoms with Gasteiger partial charge in [-0.3, -0.25) is 0 Å². The van der Waals surface area contributed by atoms with Crippen molar-refractivity contribution in [2.45, 2.75) is 108 Å². The minimum Gasteiger partial charge on any atom is -0.368 e. The fourth-order valence-corrected chi connectivity index (χ4v) is 6.38. The van der Waals surface area contributed by atoms with Gasteiger partial charge in [-0.1, -0.05) is 31.2 Å². The maximum Gasteiger partial charge on any atom is 0.158 e. The van der Waals surface area contributed by atoms with Gasteiger partial charge in [0.1, 0.15) is 0 Å². The third-order valence-corrected chi connectivity index (χ3v) is 8.35. The van der Waals surface area contributed by atoms with E-state index < -0.39 is 6.29 Å². The molecule has 5 rings (SSSR count). The topological polar surface area (TPSA) is 66.4 Å². The molecule has 3 saturated heterocycles. The van der Waals surface area contributed by atoms with Crippen LogP contribution in [0.3, 0.4) is 0 Å². The maximum atomic E-state index is 10.1. The molecule has 4 fully saturated rings. The lowest BCUT2D eigenvalue weighted by molar-refractivity contribution is -0.196. The van der Waals surface area contributed by atoms with E-state index in [1.165, 1.54) is 6.42 Å². The minimum absolute atomic E-state index is 0.00118. The molecule has 6 heteroatoms. The Hall–Kier alpha value is -0.760. The molecule has 1 N–H and O–H groups in total. The molecule has 0 aromatic carbocycles. The second-order valence-electron chi connectivity index (χ2n) is 10.6. The van der Waals surface area contributed by atoms with Crippen LogP contribution in [0.15, 0.2) is 24.3 Å². The molecule has 3 heterocycles. The van der Waals surface area contributed by atoms with Gasteiger partial charge >= 0.3 is 0 Å². The molecule has 0 aromatic heterocycles. The Bertz CT molecular complexity index is 668. The first-order chi connectivity index (χ1) is 16.2. The Kier molecular flexibility index (Phi) is 8.22. The van der Waals surface area contributed by atoms with E-state index in [1.54, 1.807) is 0 Å². The molecular weight excluding hydrogens is 420 g/mol. The summed E-state index contributed by atoms with van der Waals surface area (Å²) in [6.07, 6.45) is 18.8. The molecule has 5 aliphatic rings. The van der Waals surface area contributed by atoms with Crippen LogP contribution in [0.4, 0.5) is 0 Å². The van der Waals surface area contributed by atoms with Crippen LogP contribution in [-0.2, 0) is 23.7 Å². The molecular formula is C27H42O6. The van der Waals surface area contributed by atoms with Crippen molar-refractivity contribution in [3.8, 4) is 0 Å². The summed E-state index contributed by atoms with van der Waals surface area (Å²) in [5.74, 6) is 1.40. The van der Waals surface area contributed by atoms with Crippen LogP contribution in [-0.4, -0.2) is 55.5 Å². The van der Waals surface area contributed by atoms with Crippen LogP contribution in [0.25, 0.3) is 0 Å². The van der Waals surface area contributed by atoms with Gasteiger partial charge < -0.3 is 28.8 Å². The van der Waals surface area contributed by atoms with Crippen LogP contribution < -0.4 is 0 Å². The Labute approximate surface area is 198 Å². The molecule has 0 bridgehead atoms. The quantitative estimate of drug-likeness (QED) is 0.527. The molecule has 0 amide bonds. The molecule has 10 atom stereocenters. The molecule has 3 aliphatic heterocycles. The van der Waals surface area contributed by atoms with Crippen LogP contribution in [0.1, 0.15) is 71.1 Å². The highest BCUT2D eigenvalue weighted by molar-refractivity contribution is 5.09. The monoisotopic (exact) mass is 462 g/mol. The van der Waals surface area contributed by atoms with Gasteiger partial charge in [0, 0.05) is 32.0 Å². The highest BCUT2D eigenvalue weighted by Crippen LogP contribution is 2.45. The summed E-state index contributed by atoms with van der Waals surface area (Å²) < 4.78 is 30.7. The summed E-state index contributed by atoms with van der Waals surface area (Å²) in [5.41, 5.74) is 0. The summed E-state index contributed by atoms with van der Waals surface area (Å²) in [6.45, 7) is 3.88. The second-order valence-corrected chi connectivity index (χ2v) is 10.6. The lowest BCUT2D eigenvalue weighted by atomic mass is 9.86. The number of aliphatic hydroxyl groups is 1. The summed E-state index contributed by atoms with van der Waals surface area (Å²) in [5, 5.41) is 10.1. The Morgan fingerprint density at radius 2 is 1.79 bits per heavy atom. The summed E-state index contributed by atoms with van der Waals surface area (Å²) in [7, 11) is 0. The van der Waals surface area contributed by atoms with Crippen molar-refractivity contribution in [3.63, 3.8) is 0 Å². The molecule has 5 unspecified atom stereocenters. The average Bonchev–Trinajstić information content (AvgIpc) is 3.55. The van der Waals surface area contributed by atoms with Crippen molar-refractivity contribution in [2.75, 3.05) is 13.2 Å². The van der Waals surface area contributed by atoms with E-state index in [0.717, 1.165) is 64.6 Å². The third-order valence-electron chi connectivity index (χ3n) is 8.35. The lowest BCUT2D eigenvalue weighted by Crippen LogP contribution is -2.34. The van der Waals surface area contributed by atoms with E-state index in [9.17, 15) is 5.11 Å². The van der Waals surface area contributed by atoms with Crippen molar-refractivity contribution in [2.24, 2.45) is 23.7 Å². The van der Waals surface area contributed by atoms with Gasteiger partial charge in [-0.25, -0.2) is 0 Å². The standard InChI is InChI=1S/C27H42O6/c1-18(19-8-2-3-9-19)22(32-26-10-4-6-14-29-26)13-12-20-21-16-25(28)31-24(21)17-23(20)33-27-11-5-7-15-30-27/h2,8,12-13,18-28H,3-7,9-11,14-17H2,1H3/b13-12+/t18?,19?,20-,21-,22+,23-,24+,25?,26?,27?/m1/s1. The predicted molar refractivity (Wildman–Crippen MR) is 124 cm³/mol. The van der Waals surface area contributed by atoms with Gasteiger partial charge in [-0.2, -0.15) is 0 Å². The minimum atomic E-state index is -0.659. The van der Waals surface area contributed by atoms with E-state index in [2.05, 4.69) is 31.2 Å². The molecule has 33 heavy (non-hydrogen) atoms. The Morgan fingerprint density at radius 3 is 2.48 bits per heavy atom. The van der Waals surface area contributed by atoms with Gasteiger partial charge in [0.15, 0.2) is 18.9 Å². The van der Waals surface area contributed by atoms with Crippen molar-refractivity contribution < 1.29 is 28.8 Å². The first kappa shape index (κ1) is 24.0. The van der Waals surface area contributed by atoms with Gasteiger partial charge in [0.05, 0.1) is 18.3 Å². The van der Waals surface area contributed by atoms with Crippen molar-refractivity contribution in [1.29, 1.82) is 0 Å². The molecule has 0 radical (unpaired) electrons. The van der Waals surface area contributed by atoms with Crippen molar-refractivity contribution in [1.82, 2.24) is 0 Å². The molecule has 6 nitrogen and oxygen atoms in total. The Balaban J connectivity index is 1.30. The number of hydrogen-bond donors (Lipinski definition) is 1. The maximum absolute atomic E-state index is 10.1. The number of allylic oxidation sites excluding steroid dienone is 2. The molecule has 2 aliphatic carbocycles. The number of hydrogen-bond acceptors (Lipinski definition) is 6. The van der Waals surface area contributed by atoms with E-state index in [1.807, 2.05) is 0 Å². The summed E-state index contributed by atoms with van der Waals surface area (Å²) in [6, 6.07) is 0. The van der Waals surface area contributed by atoms with Gasteiger partial charge in [0.25, 0.3) is 0 Å². The third kappa shape index (κ3) is 5.91. The number of ether oxygens (including phenoxy) is 5. The average molecular weight is 463 g/mol. The summed E-state index contributed by atoms with van der Waals surface area (Å²) in [4.78, 5) is 0. The fraction of sp³-hybridized carbons (Fsp3) is 0.852. The first-order valence-corrected chi connectivity index (χ1v) is 13.4. The zero-order chi connectivity index (χ0) is 22.6. The second kappa shape index (κ2) is 11.3. The Morgan fingerprint density at radius 1 is 1.00 bits per heavy atom. The predicted octanol–water partition coefficient (Wildman–Crippen LogP) is 4.71. The normalized spacial score (nSPS) is 43.2. The molecule has 186 valence electrons. The first-order valence-electron chi connectivity index (χ1n) is 13.4. The largest absolute Gasteiger partial charge is 0.368 e. The molecule has 0 spiro atoms. The fourth-order valence-electron chi connectivity index (χ4n) is 6.38. The number of aliphatic hydroxyl groups excluding tert-OH is 1. The molecule has 1 saturated carbocycles. The number of rotatable bonds is 8. The zero-order valence-electron chi connectivity index (χ0n) is 20.1. The van der Waals surface area contributed by atoms with Crippen LogP contribution in [0.2, 0.25) is 0 Å². The number of fused-ring (bicyclic) bond motifs is 1. The zero-order valence-corrected chi connectivity index (χ0v) is 20.1. The molecule has 0 aromatic rings. The highest BCUT2D eigenvalue weighted by Gasteiger charge is 2.49. The van der Waals surface area contributed by atoms with E-state index in [-0.39, 0.29) is 42.7 Å². The van der Waals surface area contributed by atoms with E-state index in [4.69, 9.17) is 23.7 Å². The van der Waals surface area contributed by atoms with Crippen LogP contribution in [0.5, 0.6) is 0 Å². The van der Waals surface area contributed by atoms with Crippen molar-refractivity contribution in [3.05, 3.63) is 24.3 Å². The van der Waals surface area contributed by atoms with Crippen LogP contribution >= 0.6 is 0 Å². The lowest BCUT2D eigenvalue weighted by Gasteiger charge is -2.32. The SMILES string of the molecule is CC(C1C=CCC1)[C@H](/C=C/[C@@H]1[C@H]2CC(O)O[C@H]2C[C@H]1OC1CCCCO1)OC1CCCCO1. The van der Waals surface area contributed by atoms with Gasteiger partial charge in [0.2, 0.25) is 0 Å². The summed E-state index contributed by atoms with van der Waals surface area (Å²) >= 11 is 0. The van der Waals surface area contributed by atoms with E-state index >= 15 is 0 Å². The van der Waals surface area contributed by atoms with E-state index in [0.29, 0.717) is 18.3 Å². The van der Waals surface area contributed by atoms with Gasteiger partial charge in [-0.15, -0.1) is 0 Å².